The van der Waals surface area contributed by atoms with Gasteiger partial charge in [0.2, 0.25) is 5.91 Å². The molecular weight excluding hydrogens is 170 g/mol. The lowest BCUT2D eigenvalue weighted by Gasteiger charge is -2.19. The van der Waals surface area contributed by atoms with Crippen molar-refractivity contribution in [3.05, 3.63) is 36.3 Å². The number of hydroxylamine groups is 3. The Morgan fingerprint density at radius 1 is 1.54 bits per heavy atom. The van der Waals surface area contributed by atoms with E-state index in [1.807, 2.05) is 0 Å². The predicted molar refractivity (Wildman–Crippen MR) is 45.0 cm³/mol. The molecule has 66 valence electrons. The number of primary amides is 1. The van der Waals surface area contributed by atoms with Crippen molar-refractivity contribution in [2.45, 2.75) is 0 Å². The van der Waals surface area contributed by atoms with Crippen LogP contribution in [0.2, 0.25) is 0 Å². The molecular formula is C8H8N3O2+. The lowest BCUT2D eigenvalue weighted by Crippen LogP contribution is -2.39. The zero-order chi connectivity index (χ0) is 9.47. The summed E-state index contributed by atoms with van der Waals surface area (Å²) in [6, 6.07) is 0. The monoisotopic (exact) mass is 178 g/mol. The van der Waals surface area contributed by atoms with Gasteiger partial charge in [-0.1, -0.05) is 4.65 Å². The van der Waals surface area contributed by atoms with Gasteiger partial charge in [0.05, 0.1) is 11.8 Å². The molecule has 0 radical (unpaired) electrons. The average Bonchev–Trinajstić information content (AvgIpc) is 2.44. The Bertz CT molecular complexity index is 392. The van der Waals surface area contributed by atoms with Gasteiger partial charge in [-0.2, -0.15) is 4.99 Å². The van der Waals surface area contributed by atoms with Gasteiger partial charge in [0.25, 0.3) is 5.84 Å². The summed E-state index contributed by atoms with van der Waals surface area (Å²) in [6.45, 7) is 0. The highest BCUT2D eigenvalue weighted by molar-refractivity contribution is 6.03. The number of amidine groups is 1. The topological polar surface area (TPSA) is 75.7 Å². The van der Waals surface area contributed by atoms with Gasteiger partial charge in [-0.25, -0.2) is 5.21 Å². The largest absolute Gasteiger partial charge is 0.366 e. The van der Waals surface area contributed by atoms with Gasteiger partial charge in [-0.15, -0.1) is 0 Å². The fraction of sp³-hybridized carbons (Fsp3) is 0. The van der Waals surface area contributed by atoms with Crippen molar-refractivity contribution in [1.29, 1.82) is 0 Å². The predicted octanol–water partition coefficient (Wildman–Crippen LogP) is 0.0147. The molecule has 0 aromatic heterocycles. The second-order valence-electron chi connectivity index (χ2n) is 2.80. The number of hydrogen-bond acceptors (Lipinski definition) is 3. The zero-order valence-electron chi connectivity index (χ0n) is 6.71. The number of carbonyl (C=O) groups is 1. The molecule has 1 atom stereocenters. The zero-order valence-corrected chi connectivity index (χ0v) is 6.71. The molecule has 0 aromatic rings. The van der Waals surface area contributed by atoms with Crippen LogP contribution in [0.3, 0.4) is 0 Å². The molecule has 1 unspecified atom stereocenters. The Labute approximate surface area is 74.3 Å². The van der Waals surface area contributed by atoms with E-state index >= 15 is 0 Å². The molecule has 2 aliphatic rings. The molecule has 1 amide bonds. The Morgan fingerprint density at radius 3 is 3.00 bits per heavy atom. The first-order valence-corrected chi connectivity index (χ1v) is 3.70. The first-order valence-electron chi connectivity index (χ1n) is 3.70. The van der Waals surface area contributed by atoms with Crippen molar-refractivity contribution in [3.8, 4) is 0 Å². The molecule has 0 aromatic carbocycles. The van der Waals surface area contributed by atoms with E-state index in [-0.39, 0.29) is 0 Å². The van der Waals surface area contributed by atoms with Crippen molar-refractivity contribution < 1.29 is 14.6 Å². The molecule has 0 bridgehead atoms. The lowest BCUT2D eigenvalue weighted by molar-refractivity contribution is -0.943. The number of rotatable bonds is 1. The minimum Gasteiger partial charge on any atom is -0.366 e. The highest BCUT2D eigenvalue weighted by atomic mass is 16.5. The van der Waals surface area contributed by atoms with E-state index in [1.54, 1.807) is 0 Å². The molecule has 0 saturated heterocycles. The van der Waals surface area contributed by atoms with Crippen LogP contribution in [0.5, 0.6) is 0 Å². The summed E-state index contributed by atoms with van der Waals surface area (Å²) in [5.41, 5.74) is 5.41. The van der Waals surface area contributed by atoms with Crippen LogP contribution in [0.4, 0.5) is 0 Å². The van der Waals surface area contributed by atoms with E-state index in [1.165, 1.54) is 30.8 Å². The molecule has 5 nitrogen and oxygen atoms in total. The van der Waals surface area contributed by atoms with Gasteiger partial charge < -0.3 is 5.73 Å². The Hall–Kier alpha value is -1.72. The van der Waals surface area contributed by atoms with Gasteiger partial charge in [0.1, 0.15) is 6.20 Å². The molecule has 2 heterocycles. The molecule has 13 heavy (non-hydrogen) atoms. The van der Waals surface area contributed by atoms with E-state index in [2.05, 4.69) is 4.99 Å². The quantitative estimate of drug-likeness (QED) is 0.555. The number of amides is 1. The highest BCUT2D eigenvalue weighted by Crippen LogP contribution is 2.21. The third-order valence-electron chi connectivity index (χ3n) is 1.92. The number of aliphatic imine (C=N–C) groups is 1. The summed E-state index contributed by atoms with van der Waals surface area (Å²) in [7, 11) is 0. The minimum absolute atomic E-state index is 0.338. The maximum atomic E-state index is 10.8. The van der Waals surface area contributed by atoms with Crippen molar-refractivity contribution in [1.82, 2.24) is 0 Å². The number of carbonyl (C=O) groups excluding carboxylic acids is 1. The summed E-state index contributed by atoms with van der Waals surface area (Å²) < 4.78 is -0.489. The Kier molecular flexibility index (Phi) is 1.45. The summed E-state index contributed by atoms with van der Waals surface area (Å²) in [5, 5.41) is 9.75. The van der Waals surface area contributed by atoms with Crippen LogP contribution in [0, 0.1) is 0 Å². The first kappa shape index (κ1) is 7.90. The summed E-state index contributed by atoms with van der Waals surface area (Å²) in [5.74, 6) is -0.159. The van der Waals surface area contributed by atoms with Crippen LogP contribution >= 0.6 is 0 Å². The maximum Gasteiger partial charge on any atom is 0.270 e. The SMILES string of the molecule is NC(=O)C1=CC2=NC=C[N+]2(O)C=C1. The molecule has 0 saturated carbocycles. The molecule has 0 spiro atoms. The number of hydrogen-bond donors (Lipinski definition) is 2. The molecule has 2 aliphatic heterocycles. The third-order valence-corrected chi connectivity index (χ3v) is 1.92. The fourth-order valence-electron chi connectivity index (χ4n) is 1.18. The summed E-state index contributed by atoms with van der Waals surface area (Å²) in [6.07, 6.45) is 7.32. The fourth-order valence-corrected chi connectivity index (χ4v) is 1.18. The van der Waals surface area contributed by atoms with Crippen LogP contribution in [0.25, 0.3) is 0 Å². The van der Waals surface area contributed by atoms with E-state index in [9.17, 15) is 10.0 Å². The number of nitrogens with zero attached hydrogens (tertiary/aromatic N) is 2. The van der Waals surface area contributed by atoms with Crippen molar-refractivity contribution in [2.75, 3.05) is 0 Å². The smallest absolute Gasteiger partial charge is 0.270 e. The van der Waals surface area contributed by atoms with Crippen molar-refractivity contribution in [3.63, 3.8) is 0 Å². The second kappa shape index (κ2) is 2.38. The highest BCUT2D eigenvalue weighted by Gasteiger charge is 2.34. The second-order valence-corrected chi connectivity index (χ2v) is 2.80. The first-order chi connectivity index (χ1) is 6.12. The summed E-state index contributed by atoms with van der Waals surface area (Å²) >= 11 is 0. The Morgan fingerprint density at radius 2 is 2.31 bits per heavy atom. The third kappa shape index (κ3) is 1.10. The standard InChI is InChI=1S/C8H7N3O2/c9-8(12)6-1-3-11(13)4-2-10-7(11)5-6/h1-5,13H,(H-,9,12)/p+1. The average molecular weight is 178 g/mol. The van der Waals surface area contributed by atoms with Gasteiger partial charge in [-0.3, -0.25) is 4.79 Å². The van der Waals surface area contributed by atoms with Gasteiger partial charge in [-0.05, 0) is 0 Å². The van der Waals surface area contributed by atoms with Crippen molar-refractivity contribution >= 4 is 11.7 Å². The van der Waals surface area contributed by atoms with Crippen LogP contribution < -0.4 is 5.73 Å². The molecule has 5 heteroatoms. The van der Waals surface area contributed by atoms with Gasteiger partial charge in [0, 0.05) is 12.2 Å². The maximum absolute atomic E-state index is 10.8. The number of nitrogens with two attached hydrogens (primary N) is 1. The normalized spacial score (nSPS) is 29.6. The molecule has 2 rings (SSSR count). The Balaban J connectivity index is 2.42. The summed E-state index contributed by atoms with van der Waals surface area (Å²) in [4.78, 5) is 14.7. The van der Waals surface area contributed by atoms with Crippen LogP contribution in [-0.4, -0.2) is 21.6 Å². The van der Waals surface area contributed by atoms with E-state index in [0.29, 0.717) is 11.4 Å². The number of quaternary nitrogens is 1. The molecule has 3 N–H and O–H groups in total. The van der Waals surface area contributed by atoms with Crippen LogP contribution in [0.1, 0.15) is 0 Å². The van der Waals surface area contributed by atoms with E-state index in [0.717, 1.165) is 0 Å². The minimum atomic E-state index is -0.530. The molecule has 0 aliphatic carbocycles. The number of fused-ring (bicyclic) bond motifs is 1. The van der Waals surface area contributed by atoms with Gasteiger partial charge in [0.15, 0.2) is 6.20 Å². The van der Waals surface area contributed by atoms with Crippen LogP contribution in [-0.2, 0) is 4.79 Å². The van der Waals surface area contributed by atoms with E-state index in [4.69, 9.17) is 5.73 Å². The lowest BCUT2D eigenvalue weighted by atomic mass is 10.2. The van der Waals surface area contributed by atoms with Gasteiger partial charge >= 0.3 is 0 Å². The molecule has 0 fully saturated rings. The van der Waals surface area contributed by atoms with Crippen LogP contribution in [0.15, 0.2) is 41.3 Å². The van der Waals surface area contributed by atoms with E-state index < -0.39 is 10.6 Å². The van der Waals surface area contributed by atoms with Crippen molar-refractivity contribution in [2.24, 2.45) is 10.7 Å².